The Hall–Kier alpha value is -1.03. The van der Waals surface area contributed by atoms with Gasteiger partial charge in [-0.3, -0.25) is 0 Å². The van der Waals surface area contributed by atoms with Gasteiger partial charge in [0, 0.05) is 0 Å². The third-order valence-corrected chi connectivity index (χ3v) is 3.32. The number of rotatable bonds is 0. The molecule has 0 bridgehead atoms. The zero-order valence-corrected chi connectivity index (χ0v) is 8.10. The minimum atomic E-state index is -3.31. The van der Waals surface area contributed by atoms with E-state index in [2.05, 4.69) is 0 Å². The van der Waals surface area contributed by atoms with Gasteiger partial charge in [0.05, 0.1) is 5.75 Å². The molecule has 0 saturated heterocycles. The lowest BCUT2D eigenvalue weighted by atomic mass is 10.1. The van der Waals surface area contributed by atoms with Gasteiger partial charge in [-0.1, -0.05) is 12.1 Å². The molecule has 0 radical (unpaired) electrons. The van der Waals surface area contributed by atoms with E-state index in [-0.39, 0.29) is 5.75 Å². The summed E-state index contributed by atoms with van der Waals surface area (Å²) in [6.45, 7) is 1.96. The Labute approximate surface area is 77.5 Å². The maximum absolute atomic E-state index is 11.1. The van der Waals surface area contributed by atoms with Crippen LogP contribution in [-0.4, -0.2) is 14.2 Å². The Morgan fingerprint density at radius 3 is 2.92 bits per heavy atom. The largest absolute Gasteiger partial charge is 0.382 e. The van der Waals surface area contributed by atoms with Gasteiger partial charge in [-0.25, -0.2) is 0 Å². The van der Waals surface area contributed by atoms with Crippen molar-refractivity contribution in [3.63, 3.8) is 0 Å². The van der Waals surface area contributed by atoms with Crippen LogP contribution in [0.2, 0.25) is 0 Å². The summed E-state index contributed by atoms with van der Waals surface area (Å²) in [5.41, 5.74) is 2.10. The summed E-state index contributed by atoms with van der Waals surface area (Å²) in [4.78, 5) is 0. The minimum Gasteiger partial charge on any atom is -0.382 e. The highest BCUT2D eigenvalue weighted by Gasteiger charge is 2.22. The summed E-state index contributed by atoms with van der Waals surface area (Å²) in [6, 6.07) is 5.45. The fourth-order valence-electron chi connectivity index (χ4n) is 1.48. The predicted molar refractivity (Wildman–Crippen MR) is 49.3 cm³/mol. The second-order valence-electron chi connectivity index (χ2n) is 3.15. The Morgan fingerprint density at radius 2 is 2.15 bits per heavy atom. The summed E-state index contributed by atoms with van der Waals surface area (Å²) >= 11 is 0. The highest BCUT2D eigenvalue weighted by atomic mass is 32.2. The van der Waals surface area contributed by atoms with Crippen LogP contribution < -0.4 is 4.18 Å². The zero-order valence-electron chi connectivity index (χ0n) is 7.28. The number of hydrogen-bond acceptors (Lipinski definition) is 3. The average Bonchev–Trinajstić information content (AvgIpc) is 2.02. The van der Waals surface area contributed by atoms with E-state index in [1.54, 1.807) is 12.1 Å². The lowest BCUT2D eigenvalue weighted by Crippen LogP contribution is -2.21. The van der Waals surface area contributed by atoms with Crippen LogP contribution in [0, 0.1) is 6.92 Å². The predicted octanol–water partition coefficient (Wildman–Crippen LogP) is 1.26. The Morgan fingerprint density at radius 1 is 1.38 bits per heavy atom. The lowest BCUT2D eigenvalue weighted by molar-refractivity contribution is 0.472. The van der Waals surface area contributed by atoms with E-state index in [9.17, 15) is 8.42 Å². The fourth-order valence-corrected chi connectivity index (χ4v) is 2.45. The van der Waals surface area contributed by atoms with Crippen LogP contribution in [0.4, 0.5) is 0 Å². The van der Waals surface area contributed by atoms with Gasteiger partial charge in [0.1, 0.15) is 5.75 Å². The summed E-state index contributed by atoms with van der Waals surface area (Å²) in [5.74, 6) is 0.580. The van der Waals surface area contributed by atoms with E-state index in [1.165, 1.54) is 0 Å². The van der Waals surface area contributed by atoms with E-state index in [0.717, 1.165) is 11.1 Å². The van der Waals surface area contributed by atoms with Crippen molar-refractivity contribution in [1.82, 2.24) is 0 Å². The van der Waals surface area contributed by atoms with Crippen molar-refractivity contribution in [1.29, 1.82) is 0 Å². The molecule has 1 aliphatic rings. The van der Waals surface area contributed by atoms with Gasteiger partial charge < -0.3 is 4.18 Å². The smallest absolute Gasteiger partial charge is 0.309 e. The molecular weight excluding hydrogens is 188 g/mol. The van der Waals surface area contributed by atoms with Crippen LogP contribution in [0.1, 0.15) is 11.1 Å². The van der Waals surface area contributed by atoms with Crippen LogP contribution in [0.25, 0.3) is 0 Å². The standard InChI is InChI=1S/C9H10O3S/c1-7-3-2-4-9-8(7)5-6-13(10,11)12-9/h2-4H,5-6H2,1H3. The molecule has 2 rings (SSSR count). The third kappa shape index (κ3) is 1.54. The first kappa shape index (κ1) is 8.56. The van der Waals surface area contributed by atoms with Crippen molar-refractivity contribution in [2.75, 3.05) is 5.75 Å². The number of aryl methyl sites for hydroxylation is 1. The van der Waals surface area contributed by atoms with E-state index in [1.807, 2.05) is 13.0 Å². The SMILES string of the molecule is Cc1cccc2c1CCS(=O)(=O)O2. The molecule has 3 nitrogen and oxygen atoms in total. The van der Waals surface area contributed by atoms with E-state index in [4.69, 9.17) is 4.18 Å². The van der Waals surface area contributed by atoms with Gasteiger partial charge in [0.15, 0.2) is 0 Å². The van der Waals surface area contributed by atoms with Crippen molar-refractivity contribution < 1.29 is 12.6 Å². The monoisotopic (exact) mass is 198 g/mol. The highest BCUT2D eigenvalue weighted by molar-refractivity contribution is 7.87. The quantitative estimate of drug-likeness (QED) is 0.589. The Balaban J connectivity index is 2.54. The summed E-state index contributed by atoms with van der Waals surface area (Å²) < 4.78 is 27.1. The van der Waals surface area contributed by atoms with Crippen molar-refractivity contribution in [3.05, 3.63) is 29.3 Å². The molecule has 0 unspecified atom stereocenters. The normalized spacial score (nSPS) is 18.8. The molecule has 0 atom stereocenters. The first-order chi connectivity index (χ1) is 6.08. The molecule has 0 N–H and O–H groups in total. The van der Waals surface area contributed by atoms with Crippen LogP contribution in [0.5, 0.6) is 5.75 Å². The van der Waals surface area contributed by atoms with Crippen LogP contribution >= 0.6 is 0 Å². The number of fused-ring (bicyclic) bond motifs is 1. The third-order valence-electron chi connectivity index (χ3n) is 2.19. The molecule has 0 fully saturated rings. The molecule has 4 heteroatoms. The second-order valence-corrected chi connectivity index (χ2v) is 4.84. The van der Waals surface area contributed by atoms with Gasteiger partial charge in [-0.05, 0) is 30.5 Å². The maximum atomic E-state index is 11.1. The molecule has 70 valence electrons. The molecule has 1 aromatic rings. The van der Waals surface area contributed by atoms with Crippen molar-refractivity contribution in [2.24, 2.45) is 0 Å². The second kappa shape index (κ2) is 2.73. The number of hydrogen-bond donors (Lipinski definition) is 0. The average molecular weight is 198 g/mol. The first-order valence-corrected chi connectivity index (χ1v) is 5.67. The fraction of sp³-hybridized carbons (Fsp3) is 0.333. The maximum Gasteiger partial charge on any atom is 0.309 e. The molecule has 13 heavy (non-hydrogen) atoms. The molecule has 0 saturated carbocycles. The van der Waals surface area contributed by atoms with Gasteiger partial charge in [-0.15, -0.1) is 0 Å². The van der Waals surface area contributed by atoms with Crippen molar-refractivity contribution in [3.8, 4) is 5.75 Å². The summed E-state index contributed by atoms with van der Waals surface area (Å²) in [6.07, 6.45) is 0.560. The van der Waals surface area contributed by atoms with Crippen molar-refractivity contribution >= 4 is 10.1 Å². The van der Waals surface area contributed by atoms with Gasteiger partial charge >= 0.3 is 10.1 Å². The minimum absolute atomic E-state index is 0.0881. The van der Waals surface area contributed by atoms with Crippen LogP contribution in [0.3, 0.4) is 0 Å². The summed E-state index contributed by atoms with van der Waals surface area (Å²) in [7, 11) is -3.31. The van der Waals surface area contributed by atoms with Crippen LogP contribution in [-0.2, 0) is 16.5 Å². The molecule has 1 aromatic carbocycles. The topological polar surface area (TPSA) is 43.4 Å². The molecule has 1 heterocycles. The molecule has 0 spiro atoms. The van der Waals surface area contributed by atoms with Crippen LogP contribution in [0.15, 0.2) is 18.2 Å². The molecular formula is C9H10O3S. The first-order valence-electron chi connectivity index (χ1n) is 4.09. The van der Waals surface area contributed by atoms with E-state index >= 15 is 0 Å². The Kier molecular flexibility index (Phi) is 1.80. The molecule has 0 aliphatic carbocycles. The van der Waals surface area contributed by atoms with E-state index in [0.29, 0.717) is 12.2 Å². The molecule has 0 aromatic heterocycles. The molecule has 0 amide bonds. The number of benzene rings is 1. The lowest BCUT2D eigenvalue weighted by Gasteiger charge is -2.18. The highest BCUT2D eigenvalue weighted by Crippen LogP contribution is 2.28. The zero-order chi connectivity index (χ0) is 9.47. The van der Waals surface area contributed by atoms with Crippen molar-refractivity contribution in [2.45, 2.75) is 13.3 Å². The molecule has 1 aliphatic heterocycles. The van der Waals surface area contributed by atoms with Gasteiger partial charge in [0.25, 0.3) is 0 Å². The van der Waals surface area contributed by atoms with Gasteiger partial charge in [0.2, 0.25) is 0 Å². The Bertz CT molecular complexity index is 434. The van der Waals surface area contributed by atoms with E-state index < -0.39 is 10.1 Å². The van der Waals surface area contributed by atoms with Gasteiger partial charge in [-0.2, -0.15) is 8.42 Å². The summed E-state index contributed by atoms with van der Waals surface area (Å²) in [5, 5.41) is 0.